The molecule has 0 spiro atoms. The van der Waals surface area contributed by atoms with Crippen molar-refractivity contribution in [2.24, 2.45) is 0 Å². The van der Waals surface area contributed by atoms with Crippen LogP contribution < -0.4 is 0 Å². The number of thiophene rings is 1. The van der Waals surface area contributed by atoms with Crippen LogP contribution in [0.1, 0.15) is 17.4 Å². The van der Waals surface area contributed by atoms with Gasteiger partial charge in [0, 0.05) is 4.88 Å². The average molecular weight is 125 g/mol. The Balaban J connectivity index is 2.84. The van der Waals surface area contributed by atoms with Gasteiger partial charge in [0.15, 0.2) is 0 Å². The second kappa shape index (κ2) is 2.31. The SMILES string of the molecule is CCc1[c]c(C)cs1. The van der Waals surface area contributed by atoms with E-state index in [2.05, 4.69) is 25.3 Å². The van der Waals surface area contributed by atoms with E-state index in [-0.39, 0.29) is 0 Å². The Morgan fingerprint density at radius 2 is 2.50 bits per heavy atom. The molecular formula is C7H9S. The molecular weight excluding hydrogens is 116 g/mol. The zero-order chi connectivity index (χ0) is 5.98. The third-order valence-corrected chi connectivity index (χ3v) is 2.18. The van der Waals surface area contributed by atoms with Crippen molar-refractivity contribution >= 4 is 11.3 Å². The maximum absolute atomic E-state index is 3.24. The van der Waals surface area contributed by atoms with Gasteiger partial charge in [-0.05, 0) is 30.4 Å². The topological polar surface area (TPSA) is 0 Å². The van der Waals surface area contributed by atoms with Gasteiger partial charge >= 0.3 is 0 Å². The normalized spacial score (nSPS) is 9.75. The van der Waals surface area contributed by atoms with Crippen LogP contribution in [0, 0.1) is 13.0 Å². The van der Waals surface area contributed by atoms with Crippen LogP contribution in [0.15, 0.2) is 5.38 Å². The quantitative estimate of drug-likeness (QED) is 0.540. The summed E-state index contributed by atoms with van der Waals surface area (Å²) in [4.78, 5) is 1.36. The Morgan fingerprint density at radius 3 is 2.75 bits per heavy atom. The third kappa shape index (κ3) is 1.10. The van der Waals surface area contributed by atoms with Gasteiger partial charge < -0.3 is 0 Å². The van der Waals surface area contributed by atoms with Crippen molar-refractivity contribution in [2.45, 2.75) is 20.3 Å². The zero-order valence-electron chi connectivity index (χ0n) is 5.19. The van der Waals surface area contributed by atoms with Crippen LogP contribution >= 0.6 is 11.3 Å². The molecule has 0 bridgehead atoms. The van der Waals surface area contributed by atoms with Crippen molar-refractivity contribution in [3.8, 4) is 0 Å². The van der Waals surface area contributed by atoms with E-state index in [9.17, 15) is 0 Å². The molecule has 1 rings (SSSR count). The summed E-state index contributed by atoms with van der Waals surface area (Å²) in [5.74, 6) is 0. The van der Waals surface area contributed by atoms with E-state index in [0.29, 0.717) is 0 Å². The lowest BCUT2D eigenvalue weighted by Gasteiger charge is -1.78. The highest BCUT2D eigenvalue weighted by Gasteiger charge is 1.90. The van der Waals surface area contributed by atoms with Gasteiger partial charge in [-0.25, -0.2) is 0 Å². The van der Waals surface area contributed by atoms with Crippen molar-refractivity contribution in [3.63, 3.8) is 0 Å². The molecule has 1 heterocycles. The van der Waals surface area contributed by atoms with Gasteiger partial charge in [-0.1, -0.05) is 6.92 Å². The molecule has 0 aliphatic carbocycles. The van der Waals surface area contributed by atoms with Crippen molar-refractivity contribution in [3.05, 3.63) is 21.9 Å². The minimum absolute atomic E-state index is 1.12. The molecule has 1 aromatic rings. The molecule has 0 aromatic carbocycles. The van der Waals surface area contributed by atoms with E-state index in [1.54, 1.807) is 11.3 Å². The molecule has 0 aliphatic heterocycles. The van der Waals surface area contributed by atoms with E-state index < -0.39 is 0 Å². The number of hydrogen-bond acceptors (Lipinski definition) is 1. The monoisotopic (exact) mass is 125 g/mol. The lowest BCUT2D eigenvalue weighted by molar-refractivity contribution is 1.18. The Morgan fingerprint density at radius 1 is 1.75 bits per heavy atom. The Hall–Kier alpha value is -0.300. The van der Waals surface area contributed by atoms with Crippen molar-refractivity contribution < 1.29 is 0 Å². The molecule has 0 unspecified atom stereocenters. The van der Waals surface area contributed by atoms with Crippen LogP contribution in [0.4, 0.5) is 0 Å². The first-order valence-electron chi connectivity index (χ1n) is 2.79. The van der Waals surface area contributed by atoms with Crippen LogP contribution in [-0.4, -0.2) is 0 Å². The molecule has 0 N–H and O–H groups in total. The maximum Gasteiger partial charge on any atom is 0.0124 e. The fraction of sp³-hybridized carbons (Fsp3) is 0.429. The fourth-order valence-electron chi connectivity index (χ4n) is 0.610. The molecule has 0 amide bonds. The Bertz CT molecular complexity index is 165. The summed E-state index contributed by atoms with van der Waals surface area (Å²) in [6, 6.07) is 3.24. The largest absolute Gasteiger partial charge is 0.148 e. The van der Waals surface area contributed by atoms with Gasteiger partial charge in [0.2, 0.25) is 0 Å². The Kier molecular flexibility index (Phi) is 1.69. The smallest absolute Gasteiger partial charge is 0.0124 e. The number of hydrogen-bond donors (Lipinski definition) is 0. The van der Waals surface area contributed by atoms with Gasteiger partial charge in [0.1, 0.15) is 0 Å². The lowest BCUT2D eigenvalue weighted by atomic mass is 10.3. The standard InChI is InChI=1S/C7H9S/c1-3-7-4-6(2)5-8-7/h5H,3H2,1-2H3. The summed E-state index contributed by atoms with van der Waals surface area (Å²) < 4.78 is 0. The molecule has 1 heteroatoms. The molecule has 0 nitrogen and oxygen atoms in total. The molecule has 0 saturated heterocycles. The molecule has 0 fully saturated rings. The minimum Gasteiger partial charge on any atom is -0.148 e. The summed E-state index contributed by atoms with van der Waals surface area (Å²) in [7, 11) is 0. The minimum atomic E-state index is 1.12. The molecule has 1 aromatic heterocycles. The van der Waals surface area contributed by atoms with Gasteiger partial charge in [-0.2, -0.15) is 0 Å². The predicted octanol–water partition coefficient (Wildman–Crippen LogP) is 2.42. The molecule has 0 saturated carbocycles. The highest BCUT2D eigenvalue weighted by Crippen LogP contribution is 2.12. The van der Waals surface area contributed by atoms with Crippen LogP contribution in [0.25, 0.3) is 0 Å². The van der Waals surface area contributed by atoms with Crippen LogP contribution in [-0.2, 0) is 6.42 Å². The highest BCUT2D eigenvalue weighted by molar-refractivity contribution is 7.10. The summed E-state index contributed by atoms with van der Waals surface area (Å²) in [5.41, 5.74) is 1.27. The van der Waals surface area contributed by atoms with Crippen LogP contribution in [0.3, 0.4) is 0 Å². The molecule has 0 aliphatic rings. The molecule has 0 atom stereocenters. The molecule has 8 heavy (non-hydrogen) atoms. The van der Waals surface area contributed by atoms with E-state index in [1.165, 1.54) is 10.4 Å². The number of rotatable bonds is 1. The van der Waals surface area contributed by atoms with Gasteiger partial charge in [-0.15, -0.1) is 11.3 Å². The predicted molar refractivity (Wildman–Crippen MR) is 37.3 cm³/mol. The van der Waals surface area contributed by atoms with E-state index in [4.69, 9.17) is 0 Å². The van der Waals surface area contributed by atoms with Gasteiger partial charge in [0.05, 0.1) is 0 Å². The first-order valence-corrected chi connectivity index (χ1v) is 3.67. The van der Waals surface area contributed by atoms with Crippen molar-refractivity contribution in [1.29, 1.82) is 0 Å². The van der Waals surface area contributed by atoms with Gasteiger partial charge in [-0.3, -0.25) is 0 Å². The van der Waals surface area contributed by atoms with E-state index in [0.717, 1.165) is 6.42 Å². The first-order chi connectivity index (χ1) is 3.83. The number of aryl methyl sites for hydroxylation is 2. The van der Waals surface area contributed by atoms with Crippen LogP contribution in [0.5, 0.6) is 0 Å². The summed E-state index contributed by atoms with van der Waals surface area (Å²) in [6.45, 7) is 4.23. The summed E-state index contributed by atoms with van der Waals surface area (Å²) in [6.07, 6.45) is 1.12. The molecule has 43 valence electrons. The second-order valence-corrected chi connectivity index (χ2v) is 2.78. The van der Waals surface area contributed by atoms with Crippen molar-refractivity contribution in [1.82, 2.24) is 0 Å². The van der Waals surface area contributed by atoms with Crippen LogP contribution in [0.2, 0.25) is 0 Å². The lowest BCUT2D eigenvalue weighted by Crippen LogP contribution is -1.66. The molecule has 1 radical (unpaired) electrons. The summed E-state index contributed by atoms with van der Waals surface area (Å²) in [5, 5.41) is 2.14. The van der Waals surface area contributed by atoms with Gasteiger partial charge in [0.25, 0.3) is 0 Å². The Labute approximate surface area is 54.2 Å². The van der Waals surface area contributed by atoms with Crippen molar-refractivity contribution in [2.75, 3.05) is 0 Å². The summed E-state index contributed by atoms with van der Waals surface area (Å²) >= 11 is 1.79. The maximum atomic E-state index is 3.24. The second-order valence-electron chi connectivity index (χ2n) is 1.82. The first kappa shape index (κ1) is 5.83. The van der Waals surface area contributed by atoms with E-state index in [1.807, 2.05) is 0 Å². The van der Waals surface area contributed by atoms with E-state index >= 15 is 0 Å². The zero-order valence-corrected chi connectivity index (χ0v) is 6.01. The third-order valence-electron chi connectivity index (χ3n) is 1.04. The fourth-order valence-corrected chi connectivity index (χ4v) is 1.37. The highest BCUT2D eigenvalue weighted by atomic mass is 32.1. The average Bonchev–Trinajstić information content (AvgIpc) is 2.14.